The maximum Gasteiger partial charge on any atom is 0.253 e. The van der Waals surface area contributed by atoms with Gasteiger partial charge in [0.05, 0.1) is 0 Å². The predicted octanol–water partition coefficient (Wildman–Crippen LogP) is 3.30. The van der Waals surface area contributed by atoms with Crippen molar-refractivity contribution in [1.29, 1.82) is 0 Å². The number of benzene rings is 2. The molecular weight excluding hydrogens is 296 g/mol. The molecule has 2 aromatic carbocycles. The Kier molecular flexibility index (Phi) is 4.76. The molecule has 1 fully saturated rings. The third kappa shape index (κ3) is 3.49. The Morgan fingerprint density at radius 2 is 1.55 bits per heavy atom. The van der Waals surface area contributed by atoms with Gasteiger partial charge in [-0.1, -0.05) is 48.0 Å². The van der Waals surface area contributed by atoms with Crippen LogP contribution in [0, 0.1) is 0 Å². The van der Waals surface area contributed by atoms with Gasteiger partial charge in [-0.15, -0.1) is 0 Å². The standard InChI is InChI=1S/C18H19ClN2O/c19-17-9-5-4-8-16(17)14-20-10-12-21(13-11-20)18(22)15-6-2-1-3-7-15/h1-9H,10-14H2. The fourth-order valence-electron chi connectivity index (χ4n) is 2.74. The molecule has 0 N–H and O–H groups in total. The molecule has 0 radical (unpaired) electrons. The van der Waals surface area contributed by atoms with Crippen LogP contribution in [-0.4, -0.2) is 41.9 Å². The van der Waals surface area contributed by atoms with Crippen molar-refractivity contribution in [1.82, 2.24) is 9.80 Å². The normalized spacial score (nSPS) is 15.8. The average molecular weight is 315 g/mol. The Morgan fingerprint density at radius 3 is 2.23 bits per heavy atom. The summed E-state index contributed by atoms with van der Waals surface area (Å²) in [4.78, 5) is 16.7. The second-order valence-corrected chi connectivity index (χ2v) is 5.93. The number of rotatable bonds is 3. The van der Waals surface area contributed by atoms with Gasteiger partial charge in [0.1, 0.15) is 0 Å². The SMILES string of the molecule is O=C(c1ccccc1)N1CCN(Cc2ccccc2Cl)CC1. The van der Waals surface area contributed by atoms with Crippen LogP contribution in [0.1, 0.15) is 15.9 Å². The Balaban J connectivity index is 1.57. The molecule has 0 saturated carbocycles. The van der Waals surface area contributed by atoms with Gasteiger partial charge in [-0.3, -0.25) is 9.69 Å². The average Bonchev–Trinajstić information content (AvgIpc) is 2.58. The van der Waals surface area contributed by atoms with Crippen molar-refractivity contribution >= 4 is 17.5 Å². The molecule has 0 atom stereocenters. The van der Waals surface area contributed by atoms with Gasteiger partial charge >= 0.3 is 0 Å². The topological polar surface area (TPSA) is 23.6 Å². The summed E-state index contributed by atoms with van der Waals surface area (Å²) in [5, 5.41) is 0.810. The lowest BCUT2D eigenvalue weighted by atomic mass is 10.1. The van der Waals surface area contributed by atoms with Crippen LogP contribution in [0.2, 0.25) is 5.02 Å². The smallest absolute Gasteiger partial charge is 0.253 e. The molecule has 1 aliphatic rings. The van der Waals surface area contributed by atoms with Crippen LogP contribution in [0.25, 0.3) is 0 Å². The Hall–Kier alpha value is -1.84. The Bertz CT molecular complexity index is 637. The van der Waals surface area contributed by atoms with Gasteiger partial charge in [0.2, 0.25) is 0 Å². The minimum absolute atomic E-state index is 0.123. The third-order valence-electron chi connectivity index (χ3n) is 4.03. The van der Waals surface area contributed by atoms with Crippen LogP contribution >= 0.6 is 11.6 Å². The molecule has 0 spiro atoms. The molecule has 4 heteroatoms. The van der Waals surface area contributed by atoms with Gasteiger partial charge in [-0.05, 0) is 23.8 Å². The second kappa shape index (κ2) is 6.95. The van der Waals surface area contributed by atoms with E-state index in [1.54, 1.807) is 0 Å². The van der Waals surface area contributed by atoms with E-state index in [9.17, 15) is 4.79 Å². The summed E-state index contributed by atoms with van der Waals surface area (Å²) in [6.07, 6.45) is 0. The number of hydrogen-bond acceptors (Lipinski definition) is 2. The van der Waals surface area contributed by atoms with E-state index in [2.05, 4.69) is 11.0 Å². The van der Waals surface area contributed by atoms with Crippen molar-refractivity contribution in [3.63, 3.8) is 0 Å². The van der Waals surface area contributed by atoms with E-state index >= 15 is 0 Å². The van der Waals surface area contributed by atoms with Gasteiger partial charge in [0.25, 0.3) is 5.91 Å². The van der Waals surface area contributed by atoms with Crippen LogP contribution in [0.4, 0.5) is 0 Å². The largest absolute Gasteiger partial charge is 0.336 e. The van der Waals surface area contributed by atoms with Crippen LogP contribution in [-0.2, 0) is 6.54 Å². The van der Waals surface area contributed by atoms with Gasteiger partial charge in [-0.2, -0.15) is 0 Å². The summed E-state index contributed by atoms with van der Waals surface area (Å²) >= 11 is 6.21. The van der Waals surface area contributed by atoms with Crippen molar-refractivity contribution in [3.05, 3.63) is 70.7 Å². The first-order chi connectivity index (χ1) is 10.7. The summed E-state index contributed by atoms with van der Waals surface area (Å²) in [5.41, 5.74) is 1.91. The number of nitrogens with zero attached hydrogens (tertiary/aromatic N) is 2. The highest BCUT2D eigenvalue weighted by atomic mass is 35.5. The molecule has 0 aliphatic carbocycles. The predicted molar refractivity (Wildman–Crippen MR) is 89.1 cm³/mol. The summed E-state index contributed by atoms with van der Waals surface area (Å²) < 4.78 is 0. The van der Waals surface area contributed by atoms with E-state index in [4.69, 9.17) is 11.6 Å². The molecule has 114 valence electrons. The van der Waals surface area contributed by atoms with Gasteiger partial charge < -0.3 is 4.90 Å². The summed E-state index contributed by atoms with van der Waals surface area (Å²) in [7, 11) is 0. The minimum Gasteiger partial charge on any atom is -0.336 e. The number of amides is 1. The zero-order valence-electron chi connectivity index (χ0n) is 12.4. The van der Waals surface area contributed by atoms with Crippen LogP contribution in [0.5, 0.6) is 0 Å². The summed E-state index contributed by atoms with van der Waals surface area (Å²) in [6, 6.07) is 17.4. The highest BCUT2D eigenvalue weighted by Crippen LogP contribution is 2.18. The lowest BCUT2D eigenvalue weighted by Crippen LogP contribution is -2.48. The number of piperazine rings is 1. The molecule has 1 heterocycles. The second-order valence-electron chi connectivity index (χ2n) is 5.53. The van der Waals surface area contributed by atoms with Crippen LogP contribution in [0.3, 0.4) is 0 Å². The molecule has 3 nitrogen and oxygen atoms in total. The quantitative estimate of drug-likeness (QED) is 0.868. The minimum atomic E-state index is 0.123. The molecule has 0 aromatic heterocycles. The van der Waals surface area contributed by atoms with Crippen molar-refractivity contribution in [2.75, 3.05) is 26.2 Å². The first kappa shape index (κ1) is 15.1. The maximum atomic E-state index is 12.4. The number of carbonyl (C=O) groups is 1. The van der Waals surface area contributed by atoms with Gasteiger partial charge in [-0.25, -0.2) is 0 Å². The zero-order valence-corrected chi connectivity index (χ0v) is 13.2. The Labute approximate surface area is 136 Å². The molecule has 1 aliphatic heterocycles. The molecule has 2 aromatic rings. The van der Waals surface area contributed by atoms with E-state index in [0.717, 1.165) is 48.9 Å². The summed E-state index contributed by atoms with van der Waals surface area (Å²) in [6.45, 7) is 4.12. The fraction of sp³-hybridized carbons (Fsp3) is 0.278. The fourth-order valence-corrected chi connectivity index (χ4v) is 2.94. The maximum absolute atomic E-state index is 12.4. The number of hydrogen-bond donors (Lipinski definition) is 0. The van der Waals surface area contributed by atoms with Crippen molar-refractivity contribution in [3.8, 4) is 0 Å². The summed E-state index contributed by atoms with van der Waals surface area (Å²) in [5.74, 6) is 0.123. The molecule has 0 unspecified atom stereocenters. The first-order valence-electron chi connectivity index (χ1n) is 7.54. The molecule has 0 bridgehead atoms. The number of halogens is 1. The first-order valence-corrected chi connectivity index (χ1v) is 7.92. The molecule has 22 heavy (non-hydrogen) atoms. The third-order valence-corrected chi connectivity index (χ3v) is 4.40. The monoisotopic (exact) mass is 314 g/mol. The van der Waals surface area contributed by atoms with E-state index in [-0.39, 0.29) is 5.91 Å². The van der Waals surface area contributed by atoms with E-state index < -0.39 is 0 Å². The van der Waals surface area contributed by atoms with Crippen molar-refractivity contribution in [2.24, 2.45) is 0 Å². The molecule has 1 saturated heterocycles. The zero-order chi connectivity index (χ0) is 15.4. The molecule has 3 rings (SSSR count). The highest BCUT2D eigenvalue weighted by molar-refractivity contribution is 6.31. The number of carbonyl (C=O) groups excluding carboxylic acids is 1. The van der Waals surface area contributed by atoms with Crippen molar-refractivity contribution < 1.29 is 4.79 Å². The highest BCUT2D eigenvalue weighted by Gasteiger charge is 2.22. The van der Waals surface area contributed by atoms with Gasteiger partial charge in [0, 0.05) is 43.3 Å². The lowest BCUT2D eigenvalue weighted by molar-refractivity contribution is 0.0628. The van der Waals surface area contributed by atoms with Crippen molar-refractivity contribution in [2.45, 2.75) is 6.54 Å². The van der Waals surface area contributed by atoms with E-state index in [0.29, 0.717) is 0 Å². The van der Waals surface area contributed by atoms with Crippen LogP contribution < -0.4 is 0 Å². The lowest BCUT2D eigenvalue weighted by Gasteiger charge is -2.35. The molecule has 1 amide bonds. The van der Waals surface area contributed by atoms with E-state index in [1.807, 2.05) is 53.4 Å². The van der Waals surface area contributed by atoms with E-state index in [1.165, 1.54) is 0 Å². The van der Waals surface area contributed by atoms with Gasteiger partial charge in [0.15, 0.2) is 0 Å². The van der Waals surface area contributed by atoms with Crippen LogP contribution in [0.15, 0.2) is 54.6 Å². The Morgan fingerprint density at radius 1 is 0.909 bits per heavy atom. The molecular formula is C18H19ClN2O.